The molecule has 0 aromatic carbocycles. The maximum atomic E-state index is 10.6. The smallest absolute Gasteiger partial charge is 0.182 e. The summed E-state index contributed by atoms with van der Waals surface area (Å²) in [5.74, 6) is 0. The lowest BCUT2D eigenvalue weighted by Crippen LogP contribution is -2.18. The number of hydrogen-bond acceptors (Lipinski definition) is 4. The normalized spacial score (nSPS) is 13.1. The largest absolute Gasteiger partial charge is 0.351 e. The lowest BCUT2D eigenvalue weighted by Gasteiger charge is -2.14. The second-order valence-electron chi connectivity index (χ2n) is 6.35. The quantitative estimate of drug-likeness (QED) is 0.191. The highest BCUT2D eigenvalue weighted by molar-refractivity contribution is 7.17. The summed E-state index contributed by atoms with van der Waals surface area (Å²) in [7, 11) is -1.20. The molecule has 2 unspecified atom stereocenters. The van der Waals surface area contributed by atoms with E-state index in [-0.39, 0.29) is 6.29 Å². The molecule has 0 radical (unpaired) electrons. The summed E-state index contributed by atoms with van der Waals surface area (Å²) in [6.45, 7) is 3.22. The van der Waals surface area contributed by atoms with Crippen LogP contribution in [-0.4, -0.2) is 19.4 Å². The Morgan fingerprint density at radius 1 is 0.826 bits per heavy atom. The van der Waals surface area contributed by atoms with Gasteiger partial charge in [-0.15, -0.1) is 0 Å². The Kier molecular flexibility index (Phi) is 20.3. The lowest BCUT2D eigenvalue weighted by atomic mass is 10.0. The van der Waals surface area contributed by atoms with Gasteiger partial charge in [-0.1, -0.05) is 84.0 Å². The van der Waals surface area contributed by atoms with Crippen LogP contribution in [0, 0.1) is 0 Å². The van der Waals surface area contributed by atoms with Crippen LogP contribution in [0.1, 0.15) is 96.8 Å². The van der Waals surface area contributed by atoms with E-state index in [1.165, 1.54) is 77.0 Å². The highest BCUT2D eigenvalue weighted by Crippen LogP contribution is 2.16. The summed E-state index contributed by atoms with van der Waals surface area (Å²) in [6.07, 6.45) is 18.0. The van der Waals surface area contributed by atoms with E-state index in [0.717, 1.165) is 12.8 Å². The fourth-order valence-corrected chi connectivity index (χ4v) is 3.12. The van der Waals surface area contributed by atoms with E-state index in [1.807, 2.05) is 0 Å². The molecule has 0 bridgehead atoms. The molecular weight excluding hydrogens is 309 g/mol. The van der Waals surface area contributed by atoms with Crippen LogP contribution >= 0.6 is 8.69 Å². The van der Waals surface area contributed by atoms with Crippen molar-refractivity contribution in [3.63, 3.8) is 0 Å². The van der Waals surface area contributed by atoms with Crippen LogP contribution in [0.4, 0.5) is 0 Å². The van der Waals surface area contributed by atoms with Crippen molar-refractivity contribution in [1.82, 2.24) is 0 Å². The summed E-state index contributed by atoms with van der Waals surface area (Å²) in [5, 5.41) is 0. The average molecular weight is 349 g/mol. The zero-order chi connectivity index (χ0) is 17.0. The van der Waals surface area contributed by atoms with Gasteiger partial charge in [-0.05, 0) is 12.8 Å². The van der Waals surface area contributed by atoms with Crippen LogP contribution in [0.2, 0.25) is 0 Å². The third-order valence-corrected chi connectivity index (χ3v) is 4.59. The van der Waals surface area contributed by atoms with Crippen LogP contribution < -0.4 is 5.73 Å². The van der Waals surface area contributed by atoms with Gasteiger partial charge in [0.05, 0.1) is 6.61 Å². The predicted octanol–water partition coefficient (Wildman–Crippen LogP) is 5.46. The van der Waals surface area contributed by atoms with Crippen LogP contribution in [0.15, 0.2) is 0 Å². The van der Waals surface area contributed by atoms with Gasteiger partial charge in [-0.25, -0.2) is 0 Å². The summed E-state index contributed by atoms with van der Waals surface area (Å²) in [4.78, 5) is 0. The van der Waals surface area contributed by atoms with E-state index in [2.05, 4.69) is 6.92 Å². The average Bonchev–Trinajstić information content (AvgIpc) is 2.56. The predicted molar refractivity (Wildman–Crippen MR) is 101 cm³/mol. The first-order valence-electron chi connectivity index (χ1n) is 9.76. The van der Waals surface area contributed by atoms with Gasteiger partial charge in [0.25, 0.3) is 0 Å². The maximum absolute atomic E-state index is 10.6. The molecule has 0 fully saturated rings. The molecule has 0 amide bonds. The van der Waals surface area contributed by atoms with Crippen molar-refractivity contribution in [2.45, 2.75) is 103 Å². The topological polar surface area (TPSA) is 61.6 Å². The molecule has 2 N–H and O–H groups in total. The van der Waals surface area contributed by atoms with Crippen molar-refractivity contribution in [3.05, 3.63) is 0 Å². The fourth-order valence-electron chi connectivity index (χ4n) is 2.78. The molecule has 23 heavy (non-hydrogen) atoms. The number of unbranched alkanes of at least 4 members (excludes halogenated alkanes) is 12. The zero-order valence-corrected chi connectivity index (χ0v) is 16.4. The Morgan fingerprint density at radius 3 is 1.74 bits per heavy atom. The molecular formula is C18H40NO3P. The van der Waals surface area contributed by atoms with Crippen LogP contribution in [-0.2, 0) is 13.8 Å². The molecule has 0 aromatic rings. The second kappa shape index (κ2) is 20.2. The molecule has 0 heterocycles. The molecule has 0 saturated carbocycles. The van der Waals surface area contributed by atoms with E-state index in [9.17, 15) is 4.57 Å². The van der Waals surface area contributed by atoms with Crippen molar-refractivity contribution in [2.75, 3.05) is 13.2 Å². The van der Waals surface area contributed by atoms with E-state index in [4.69, 9.17) is 15.0 Å². The molecule has 0 aromatic heterocycles. The Morgan fingerprint density at radius 2 is 1.30 bits per heavy atom. The summed E-state index contributed by atoms with van der Waals surface area (Å²) < 4.78 is 21.1. The third kappa shape index (κ3) is 18.3. The summed E-state index contributed by atoms with van der Waals surface area (Å²) in [5.41, 5.74) is 5.40. The van der Waals surface area contributed by atoms with Crippen molar-refractivity contribution in [2.24, 2.45) is 5.73 Å². The molecule has 2 atom stereocenters. The monoisotopic (exact) mass is 349 g/mol. The zero-order valence-electron chi connectivity index (χ0n) is 15.3. The minimum Gasteiger partial charge on any atom is -0.351 e. The second-order valence-corrected chi connectivity index (χ2v) is 6.82. The van der Waals surface area contributed by atoms with Gasteiger partial charge < -0.3 is 15.0 Å². The molecule has 0 aliphatic carbocycles. The maximum Gasteiger partial charge on any atom is 0.182 e. The standard InChI is InChI=1S/C18H40NO3P/c1-2-3-4-5-6-7-8-9-10-11-12-13-14-15-18(22-23-20)21-17-16-19/h18H,2-17,19,23H2,1H3. The van der Waals surface area contributed by atoms with Crippen LogP contribution in [0.3, 0.4) is 0 Å². The van der Waals surface area contributed by atoms with Crippen molar-refractivity contribution >= 4 is 8.69 Å². The van der Waals surface area contributed by atoms with E-state index < -0.39 is 8.69 Å². The molecule has 0 aliphatic heterocycles. The fraction of sp³-hybridized carbons (Fsp3) is 1.00. The lowest BCUT2D eigenvalue weighted by molar-refractivity contribution is -0.0759. The first kappa shape index (κ1) is 23.1. The number of ether oxygens (including phenoxy) is 1. The summed E-state index contributed by atoms with van der Waals surface area (Å²) >= 11 is 0. The van der Waals surface area contributed by atoms with Crippen LogP contribution in [0.25, 0.3) is 0 Å². The highest BCUT2D eigenvalue weighted by atomic mass is 31.1. The minimum atomic E-state index is -1.20. The molecule has 4 nitrogen and oxygen atoms in total. The van der Waals surface area contributed by atoms with Crippen LogP contribution in [0.5, 0.6) is 0 Å². The van der Waals surface area contributed by atoms with Gasteiger partial charge in [0.15, 0.2) is 15.0 Å². The number of nitrogens with two attached hydrogens (primary N) is 1. The Balaban J connectivity index is 3.23. The van der Waals surface area contributed by atoms with Gasteiger partial charge in [-0.3, -0.25) is 4.57 Å². The molecule has 0 saturated heterocycles. The van der Waals surface area contributed by atoms with Gasteiger partial charge in [0.1, 0.15) is 0 Å². The number of rotatable bonds is 19. The highest BCUT2D eigenvalue weighted by Gasteiger charge is 2.07. The van der Waals surface area contributed by atoms with Gasteiger partial charge >= 0.3 is 0 Å². The molecule has 0 rings (SSSR count). The molecule has 0 spiro atoms. The third-order valence-electron chi connectivity index (χ3n) is 4.17. The van der Waals surface area contributed by atoms with E-state index in [0.29, 0.717) is 13.2 Å². The molecule has 0 aliphatic rings. The SMILES string of the molecule is CCCCCCCCCCCCCCCC(OCCN)O[PH2]=O. The first-order valence-corrected chi connectivity index (χ1v) is 10.7. The Labute approximate surface area is 145 Å². The number of hydrogen-bond donors (Lipinski definition) is 1. The van der Waals surface area contributed by atoms with Crippen molar-refractivity contribution in [3.8, 4) is 0 Å². The Bertz CT molecular complexity index is 242. The van der Waals surface area contributed by atoms with E-state index in [1.54, 1.807) is 0 Å². The van der Waals surface area contributed by atoms with Gasteiger partial charge in [0.2, 0.25) is 0 Å². The van der Waals surface area contributed by atoms with Gasteiger partial charge in [0, 0.05) is 6.54 Å². The summed E-state index contributed by atoms with van der Waals surface area (Å²) in [6, 6.07) is 0. The van der Waals surface area contributed by atoms with Gasteiger partial charge in [-0.2, -0.15) is 0 Å². The Hall–Kier alpha value is 0.110. The van der Waals surface area contributed by atoms with Crippen molar-refractivity contribution < 1.29 is 13.8 Å². The molecule has 140 valence electrons. The van der Waals surface area contributed by atoms with Crippen molar-refractivity contribution in [1.29, 1.82) is 0 Å². The minimum absolute atomic E-state index is 0.321. The first-order chi connectivity index (χ1) is 11.3. The molecule has 5 heteroatoms. The van der Waals surface area contributed by atoms with E-state index >= 15 is 0 Å².